The fourth-order valence-corrected chi connectivity index (χ4v) is 3.17. The predicted molar refractivity (Wildman–Crippen MR) is 110 cm³/mol. The van der Waals surface area contributed by atoms with Crippen LogP contribution in [0.1, 0.15) is 39.5 Å². The maximum atomic E-state index is 13.2. The zero-order chi connectivity index (χ0) is 19.1. The van der Waals surface area contributed by atoms with Gasteiger partial charge in [0.25, 0.3) is 0 Å². The molecular formula is C21H24BClFNO. The third kappa shape index (κ3) is 5.32. The first kappa shape index (κ1) is 20.5. The summed E-state index contributed by atoms with van der Waals surface area (Å²) in [5.74, 6) is 0.821. The van der Waals surface area contributed by atoms with E-state index in [4.69, 9.17) is 16.3 Å². The molecule has 0 aromatic carbocycles. The Bertz CT molecular complexity index is 791. The first-order valence-electron chi connectivity index (χ1n) is 8.92. The third-order valence-corrected chi connectivity index (χ3v) is 4.80. The molecule has 1 heterocycles. The third-order valence-electron chi connectivity index (χ3n) is 4.51. The molecule has 2 atom stereocenters. The number of methoxy groups -OCH3 is 1. The molecule has 5 heteroatoms. The molecule has 0 bridgehead atoms. The quantitative estimate of drug-likeness (QED) is 0.442. The number of hydrogen-bond acceptors (Lipinski definition) is 2. The number of nitrogens with zero attached hydrogens (tertiary/aromatic N) is 1. The van der Waals surface area contributed by atoms with Gasteiger partial charge in [0.15, 0.2) is 0 Å². The zero-order valence-corrected chi connectivity index (χ0v) is 16.4. The normalized spacial score (nSPS) is 18.5. The summed E-state index contributed by atoms with van der Waals surface area (Å²) in [7, 11) is 1.59. The molecular weight excluding hydrogens is 348 g/mol. The van der Waals surface area contributed by atoms with Crippen LogP contribution in [0, 0.1) is 5.92 Å². The first-order valence-corrected chi connectivity index (χ1v) is 9.29. The van der Waals surface area contributed by atoms with Gasteiger partial charge in [0, 0.05) is 0 Å². The van der Waals surface area contributed by atoms with Crippen molar-refractivity contribution in [3.05, 3.63) is 57.0 Å². The summed E-state index contributed by atoms with van der Waals surface area (Å²) in [4.78, 5) is 4.64. The van der Waals surface area contributed by atoms with E-state index in [9.17, 15) is 4.39 Å². The SMILES string of the molecule is C=BC1=CC2=C(C=C=C1)N=C(OC)C(CC(CC)CCC(C)F)=C=C2Cl. The summed E-state index contributed by atoms with van der Waals surface area (Å²) in [6.07, 6.45) is 7.73. The van der Waals surface area contributed by atoms with Gasteiger partial charge in [-0.05, 0) is 0 Å². The molecule has 136 valence electrons. The van der Waals surface area contributed by atoms with E-state index in [1.807, 2.05) is 12.2 Å². The number of halogens is 2. The van der Waals surface area contributed by atoms with Crippen LogP contribution in [0.2, 0.25) is 0 Å². The molecule has 0 N–H and O–H groups in total. The van der Waals surface area contributed by atoms with Gasteiger partial charge in [0.05, 0.1) is 0 Å². The van der Waals surface area contributed by atoms with Crippen molar-refractivity contribution in [2.75, 3.05) is 7.11 Å². The van der Waals surface area contributed by atoms with Crippen LogP contribution in [0.5, 0.6) is 0 Å². The summed E-state index contributed by atoms with van der Waals surface area (Å²) in [6.45, 7) is 9.25. The van der Waals surface area contributed by atoms with Crippen LogP contribution in [0.4, 0.5) is 4.39 Å². The van der Waals surface area contributed by atoms with E-state index < -0.39 is 6.17 Å². The molecule has 0 spiro atoms. The Morgan fingerprint density at radius 2 is 2.15 bits per heavy atom. The van der Waals surface area contributed by atoms with E-state index in [0.717, 1.165) is 29.5 Å². The maximum absolute atomic E-state index is 13.2. The second-order valence-corrected chi connectivity index (χ2v) is 6.86. The van der Waals surface area contributed by atoms with Gasteiger partial charge in [-0.15, -0.1) is 0 Å². The molecule has 2 aliphatic rings. The van der Waals surface area contributed by atoms with Gasteiger partial charge in [0.2, 0.25) is 0 Å². The van der Waals surface area contributed by atoms with Crippen LogP contribution < -0.4 is 0 Å². The van der Waals surface area contributed by atoms with Crippen molar-refractivity contribution < 1.29 is 9.13 Å². The van der Waals surface area contributed by atoms with Crippen LogP contribution in [-0.2, 0) is 4.74 Å². The topological polar surface area (TPSA) is 21.6 Å². The standard InChI is InChI=1S/C21H24BClFNO/c1-5-15(10-9-14(2)24)11-16-12-19(23)18-13-17(22-3)7-6-8-20(18)25-21(16)26-4/h7-8,13-15H,3,5,9-11H2,1-2,4H3. The van der Waals surface area contributed by atoms with E-state index in [2.05, 4.69) is 29.8 Å². The van der Waals surface area contributed by atoms with Gasteiger partial charge in [-0.2, -0.15) is 0 Å². The van der Waals surface area contributed by atoms with Gasteiger partial charge in [0.1, 0.15) is 0 Å². The summed E-state index contributed by atoms with van der Waals surface area (Å²) in [6, 6.07) is 0. The van der Waals surface area contributed by atoms with E-state index in [1.54, 1.807) is 27.0 Å². The second kappa shape index (κ2) is 9.74. The molecule has 0 aromatic heterocycles. The van der Waals surface area contributed by atoms with Gasteiger partial charge in [-0.3, -0.25) is 0 Å². The van der Waals surface area contributed by atoms with Crippen molar-refractivity contribution in [1.82, 2.24) is 0 Å². The number of ether oxygens (including phenoxy) is 1. The Morgan fingerprint density at radius 3 is 2.77 bits per heavy atom. The molecule has 26 heavy (non-hydrogen) atoms. The Hall–Kier alpha value is -1.86. The van der Waals surface area contributed by atoms with Crippen LogP contribution >= 0.6 is 11.6 Å². The van der Waals surface area contributed by atoms with Gasteiger partial charge in [-0.1, -0.05) is 0 Å². The Morgan fingerprint density at radius 1 is 1.38 bits per heavy atom. The van der Waals surface area contributed by atoms with Crippen molar-refractivity contribution in [3.63, 3.8) is 0 Å². The summed E-state index contributed by atoms with van der Waals surface area (Å²) < 4.78 is 18.7. The molecule has 0 saturated carbocycles. The number of aliphatic imine (C=N–C) groups is 1. The summed E-state index contributed by atoms with van der Waals surface area (Å²) >= 11 is 6.56. The van der Waals surface area contributed by atoms with Crippen molar-refractivity contribution in [1.29, 1.82) is 0 Å². The fraction of sp³-hybridized carbons (Fsp3) is 0.429. The van der Waals surface area contributed by atoms with Crippen LogP contribution in [0.15, 0.2) is 62.0 Å². The summed E-state index contributed by atoms with van der Waals surface area (Å²) in [5, 5.41) is 0.479. The molecule has 2 rings (SSSR count). The monoisotopic (exact) mass is 371 g/mol. The molecule has 0 amide bonds. The Labute approximate surface area is 161 Å². The average Bonchev–Trinajstić information content (AvgIpc) is 2.89. The number of hydrogen-bond donors (Lipinski definition) is 0. The molecule has 1 aliphatic carbocycles. The number of rotatable bonds is 7. The molecule has 2 unspecified atom stereocenters. The predicted octanol–water partition coefficient (Wildman–Crippen LogP) is 5.25. The van der Waals surface area contributed by atoms with E-state index in [1.165, 1.54) is 0 Å². The van der Waals surface area contributed by atoms with Crippen LogP contribution in [0.25, 0.3) is 0 Å². The Kier molecular flexibility index (Phi) is 7.66. The van der Waals surface area contributed by atoms with E-state index in [0.29, 0.717) is 35.4 Å². The summed E-state index contributed by atoms with van der Waals surface area (Å²) in [5.41, 5.74) is 9.48. The van der Waals surface area contributed by atoms with Gasteiger partial charge in [-0.25, -0.2) is 0 Å². The molecule has 0 radical (unpaired) electrons. The van der Waals surface area contributed by atoms with Crippen molar-refractivity contribution in [2.24, 2.45) is 10.9 Å². The number of alkyl halides is 1. The number of allylic oxidation sites excluding steroid dienone is 4. The molecule has 2 nitrogen and oxygen atoms in total. The van der Waals surface area contributed by atoms with E-state index in [-0.39, 0.29) is 0 Å². The minimum absolute atomic E-state index is 0.327. The molecule has 0 fully saturated rings. The van der Waals surface area contributed by atoms with Crippen molar-refractivity contribution >= 4 is 30.9 Å². The molecule has 1 aliphatic heterocycles. The average molecular weight is 372 g/mol. The van der Waals surface area contributed by atoms with Crippen LogP contribution in [0.3, 0.4) is 0 Å². The van der Waals surface area contributed by atoms with Crippen LogP contribution in [-0.4, -0.2) is 32.6 Å². The molecule has 0 aromatic rings. The molecule has 0 saturated heterocycles. The first-order chi connectivity index (χ1) is 12.5. The van der Waals surface area contributed by atoms with Crippen molar-refractivity contribution in [2.45, 2.75) is 45.7 Å². The zero-order valence-electron chi connectivity index (χ0n) is 15.6. The van der Waals surface area contributed by atoms with E-state index >= 15 is 0 Å². The fourth-order valence-electron chi connectivity index (χ4n) is 2.90. The van der Waals surface area contributed by atoms with Crippen molar-refractivity contribution in [3.8, 4) is 0 Å². The van der Waals surface area contributed by atoms with Gasteiger partial charge < -0.3 is 0 Å². The van der Waals surface area contributed by atoms with Gasteiger partial charge >= 0.3 is 161 Å². The minimum atomic E-state index is -0.793. The Balaban J connectivity index is 2.41. The second-order valence-electron chi connectivity index (χ2n) is 6.48.